The van der Waals surface area contributed by atoms with Crippen molar-refractivity contribution in [1.29, 1.82) is 0 Å². The Bertz CT molecular complexity index is 1170. The number of nitrogens with one attached hydrogen (secondary N) is 2. The number of nitrogens with zero attached hydrogens (tertiary/aromatic N) is 1. The second kappa shape index (κ2) is 7.30. The molecule has 1 atom stereocenters. The summed E-state index contributed by atoms with van der Waals surface area (Å²) >= 11 is 0. The number of carbonyl (C=O) groups is 3. The van der Waals surface area contributed by atoms with Gasteiger partial charge < -0.3 is 10.6 Å². The van der Waals surface area contributed by atoms with Gasteiger partial charge in [0, 0.05) is 5.69 Å². The van der Waals surface area contributed by atoms with Crippen LogP contribution in [0.4, 0.5) is 10.5 Å². The minimum absolute atomic E-state index is 0.346. The number of aryl methyl sites for hydroxylation is 2. The van der Waals surface area contributed by atoms with Crippen molar-refractivity contribution in [1.82, 2.24) is 10.2 Å². The van der Waals surface area contributed by atoms with Gasteiger partial charge in [0.15, 0.2) is 0 Å². The molecule has 30 heavy (non-hydrogen) atoms. The fourth-order valence-electron chi connectivity index (χ4n) is 3.87. The van der Waals surface area contributed by atoms with Crippen LogP contribution in [-0.2, 0) is 15.1 Å². The first-order chi connectivity index (χ1) is 14.3. The lowest BCUT2D eigenvalue weighted by atomic mass is 9.90. The van der Waals surface area contributed by atoms with E-state index in [9.17, 15) is 14.4 Å². The molecule has 0 radical (unpaired) electrons. The third-order valence-electron chi connectivity index (χ3n) is 5.65. The van der Waals surface area contributed by atoms with Gasteiger partial charge in [-0.15, -0.1) is 0 Å². The zero-order chi connectivity index (χ0) is 21.5. The van der Waals surface area contributed by atoms with Crippen LogP contribution < -0.4 is 10.6 Å². The van der Waals surface area contributed by atoms with Crippen molar-refractivity contribution in [2.24, 2.45) is 0 Å². The van der Waals surface area contributed by atoms with Gasteiger partial charge in [0.25, 0.3) is 5.91 Å². The van der Waals surface area contributed by atoms with Crippen molar-refractivity contribution in [2.45, 2.75) is 26.3 Å². The largest absolute Gasteiger partial charge is 0.325 e. The van der Waals surface area contributed by atoms with E-state index in [1.165, 1.54) is 0 Å². The maximum atomic E-state index is 13.2. The van der Waals surface area contributed by atoms with Crippen molar-refractivity contribution in [2.75, 3.05) is 11.9 Å². The Morgan fingerprint density at radius 2 is 1.63 bits per heavy atom. The van der Waals surface area contributed by atoms with E-state index in [-0.39, 0.29) is 6.54 Å². The number of imide groups is 1. The molecule has 4 rings (SSSR count). The summed E-state index contributed by atoms with van der Waals surface area (Å²) < 4.78 is 0. The monoisotopic (exact) mass is 401 g/mol. The molecule has 3 aromatic rings. The third kappa shape index (κ3) is 3.30. The van der Waals surface area contributed by atoms with Gasteiger partial charge in [-0.3, -0.25) is 14.5 Å². The lowest BCUT2D eigenvalue weighted by Gasteiger charge is -2.22. The highest BCUT2D eigenvalue weighted by Crippen LogP contribution is 2.31. The van der Waals surface area contributed by atoms with E-state index in [1.54, 1.807) is 6.92 Å². The summed E-state index contributed by atoms with van der Waals surface area (Å²) in [5.74, 6) is -0.863. The van der Waals surface area contributed by atoms with E-state index in [0.717, 1.165) is 26.8 Å². The Morgan fingerprint density at radius 1 is 0.967 bits per heavy atom. The maximum absolute atomic E-state index is 13.2. The first-order valence-electron chi connectivity index (χ1n) is 9.79. The second-order valence-electron chi connectivity index (χ2n) is 7.82. The van der Waals surface area contributed by atoms with Gasteiger partial charge in [0.05, 0.1) is 0 Å². The van der Waals surface area contributed by atoms with Gasteiger partial charge in [-0.25, -0.2) is 4.79 Å². The number of benzene rings is 3. The minimum atomic E-state index is -1.22. The molecule has 1 fully saturated rings. The lowest BCUT2D eigenvalue weighted by Crippen LogP contribution is -2.42. The van der Waals surface area contributed by atoms with E-state index in [4.69, 9.17) is 0 Å². The molecule has 0 aliphatic carbocycles. The number of carbonyl (C=O) groups excluding carboxylic acids is 3. The van der Waals surface area contributed by atoms with Crippen molar-refractivity contribution in [3.63, 3.8) is 0 Å². The highest BCUT2D eigenvalue weighted by molar-refractivity contribution is 6.10. The highest BCUT2D eigenvalue weighted by Gasteiger charge is 2.49. The number of hydrogen-bond donors (Lipinski definition) is 2. The van der Waals surface area contributed by atoms with Crippen molar-refractivity contribution >= 4 is 34.3 Å². The summed E-state index contributed by atoms with van der Waals surface area (Å²) in [6.07, 6.45) is 0. The molecule has 6 nitrogen and oxygen atoms in total. The SMILES string of the molecule is Cc1cccc(C)c1NC(=O)CN1C(=O)NC(C)(c2ccc3ccccc3c2)C1=O. The lowest BCUT2D eigenvalue weighted by molar-refractivity contribution is -0.133. The van der Waals surface area contributed by atoms with E-state index < -0.39 is 23.4 Å². The molecule has 1 aliphatic heterocycles. The summed E-state index contributed by atoms with van der Waals surface area (Å²) in [5, 5.41) is 7.61. The molecule has 0 saturated carbocycles. The number of para-hydroxylation sites is 1. The Morgan fingerprint density at radius 3 is 2.33 bits per heavy atom. The number of hydrogen-bond acceptors (Lipinski definition) is 3. The zero-order valence-corrected chi connectivity index (χ0v) is 17.2. The molecule has 0 spiro atoms. The van der Waals surface area contributed by atoms with Gasteiger partial charge in [-0.2, -0.15) is 0 Å². The van der Waals surface area contributed by atoms with E-state index >= 15 is 0 Å². The van der Waals surface area contributed by atoms with Crippen LogP contribution in [0.25, 0.3) is 10.8 Å². The van der Waals surface area contributed by atoms with Crippen molar-refractivity contribution in [3.05, 3.63) is 77.4 Å². The Hall–Kier alpha value is -3.67. The molecule has 1 heterocycles. The van der Waals surface area contributed by atoms with Gasteiger partial charge >= 0.3 is 6.03 Å². The average Bonchev–Trinajstić information content (AvgIpc) is 2.94. The van der Waals surface area contributed by atoms with Crippen LogP contribution >= 0.6 is 0 Å². The van der Waals surface area contributed by atoms with Crippen LogP contribution in [0.1, 0.15) is 23.6 Å². The van der Waals surface area contributed by atoms with Gasteiger partial charge in [-0.1, -0.05) is 54.6 Å². The predicted molar refractivity (Wildman–Crippen MR) is 116 cm³/mol. The summed E-state index contributed by atoms with van der Waals surface area (Å²) in [7, 11) is 0. The Kier molecular flexibility index (Phi) is 4.78. The first-order valence-corrected chi connectivity index (χ1v) is 9.79. The summed E-state index contributed by atoms with van der Waals surface area (Å²) in [5.41, 5.74) is 1.99. The highest BCUT2D eigenvalue weighted by atomic mass is 16.2. The van der Waals surface area contributed by atoms with Crippen LogP contribution in [0, 0.1) is 13.8 Å². The smallest absolute Gasteiger partial charge is 0.324 e. The molecular formula is C24H23N3O3. The quantitative estimate of drug-likeness (QED) is 0.652. The van der Waals surface area contributed by atoms with E-state index in [0.29, 0.717) is 11.3 Å². The molecule has 1 saturated heterocycles. The Balaban J connectivity index is 1.56. The summed E-state index contributed by atoms with van der Waals surface area (Å²) in [4.78, 5) is 39.3. The number of urea groups is 1. The van der Waals surface area contributed by atoms with Gasteiger partial charge in [0.1, 0.15) is 12.1 Å². The number of amides is 4. The molecule has 1 unspecified atom stereocenters. The van der Waals surface area contributed by atoms with E-state index in [2.05, 4.69) is 10.6 Å². The minimum Gasteiger partial charge on any atom is -0.324 e. The second-order valence-corrected chi connectivity index (χ2v) is 7.82. The molecule has 6 heteroatoms. The maximum Gasteiger partial charge on any atom is 0.325 e. The van der Waals surface area contributed by atoms with Crippen LogP contribution in [-0.4, -0.2) is 29.3 Å². The zero-order valence-electron chi connectivity index (χ0n) is 17.2. The number of rotatable bonds is 4. The van der Waals surface area contributed by atoms with E-state index in [1.807, 2.05) is 74.5 Å². The molecule has 152 valence electrons. The average molecular weight is 401 g/mol. The molecule has 1 aliphatic rings. The van der Waals surface area contributed by atoms with Crippen LogP contribution in [0.3, 0.4) is 0 Å². The fourth-order valence-corrected chi connectivity index (χ4v) is 3.87. The third-order valence-corrected chi connectivity index (χ3v) is 5.65. The molecule has 3 aromatic carbocycles. The molecular weight excluding hydrogens is 378 g/mol. The normalized spacial score (nSPS) is 18.6. The topological polar surface area (TPSA) is 78.5 Å². The van der Waals surface area contributed by atoms with Gasteiger partial charge in [-0.05, 0) is 54.3 Å². The number of anilines is 1. The van der Waals surface area contributed by atoms with Crippen LogP contribution in [0.5, 0.6) is 0 Å². The molecule has 2 N–H and O–H groups in total. The first kappa shape index (κ1) is 19.6. The summed E-state index contributed by atoms with van der Waals surface area (Å²) in [6.45, 7) is 5.11. The van der Waals surface area contributed by atoms with Crippen molar-refractivity contribution < 1.29 is 14.4 Å². The molecule has 0 bridgehead atoms. The molecule has 4 amide bonds. The summed E-state index contributed by atoms with van der Waals surface area (Å²) in [6, 6.07) is 18.6. The fraction of sp³-hybridized carbons (Fsp3) is 0.208. The predicted octanol–water partition coefficient (Wildman–Crippen LogP) is 3.86. The number of fused-ring (bicyclic) bond motifs is 1. The standard InChI is InChI=1S/C24H23N3O3/c1-15-7-6-8-16(2)21(15)25-20(28)14-27-22(29)24(3,26-23(27)30)19-12-11-17-9-4-5-10-18(17)13-19/h4-13H,14H2,1-3H3,(H,25,28)(H,26,30). The van der Waals surface area contributed by atoms with Crippen LogP contribution in [0.15, 0.2) is 60.7 Å². The van der Waals surface area contributed by atoms with Crippen LogP contribution in [0.2, 0.25) is 0 Å². The Labute approximate surface area is 174 Å². The van der Waals surface area contributed by atoms with Gasteiger partial charge in [0.2, 0.25) is 5.91 Å². The van der Waals surface area contributed by atoms with Crippen molar-refractivity contribution in [3.8, 4) is 0 Å². The molecule has 0 aromatic heterocycles.